The molecule has 0 fully saturated rings. The van der Waals surface area contributed by atoms with Crippen LogP contribution in [0.15, 0.2) is 30.3 Å². The van der Waals surface area contributed by atoms with E-state index in [2.05, 4.69) is 5.32 Å². The number of rotatable bonds is 7. The second kappa shape index (κ2) is 8.32. The molecule has 0 aromatic heterocycles. The summed E-state index contributed by atoms with van der Waals surface area (Å²) in [5, 5.41) is 12.7. The number of aliphatic hydroxyl groups excluding tert-OH is 1. The lowest BCUT2D eigenvalue weighted by Gasteiger charge is -2.19. The van der Waals surface area contributed by atoms with Crippen LogP contribution in [0.5, 0.6) is 0 Å². The molecule has 0 aliphatic rings. The number of carbonyl (C=O) groups is 2. The summed E-state index contributed by atoms with van der Waals surface area (Å²) in [6.07, 6.45) is -0.00863. The second-order valence-corrected chi connectivity index (χ2v) is 4.78. The highest BCUT2D eigenvalue weighted by Gasteiger charge is 2.15. The van der Waals surface area contributed by atoms with Crippen molar-refractivity contribution in [3.8, 4) is 0 Å². The van der Waals surface area contributed by atoms with Crippen LogP contribution < -0.4 is 5.32 Å². The van der Waals surface area contributed by atoms with Crippen LogP contribution in [0.3, 0.4) is 0 Å². The summed E-state index contributed by atoms with van der Waals surface area (Å²) >= 11 is 0. The third kappa shape index (κ3) is 5.84. The molecule has 2 amide bonds. The first-order valence-electron chi connectivity index (χ1n) is 6.72. The van der Waals surface area contributed by atoms with Gasteiger partial charge in [-0.3, -0.25) is 9.59 Å². The topological polar surface area (TPSA) is 69.6 Å². The van der Waals surface area contributed by atoms with E-state index >= 15 is 0 Å². The third-order valence-electron chi connectivity index (χ3n) is 3.02. The molecule has 1 rings (SSSR count). The van der Waals surface area contributed by atoms with Crippen LogP contribution in [0.1, 0.15) is 31.4 Å². The molecule has 1 atom stereocenters. The molecule has 110 valence electrons. The molecule has 1 aromatic rings. The normalized spacial score (nSPS) is 11.8. The van der Waals surface area contributed by atoms with E-state index in [9.17, 15) is 14.7 Å². The lowest BCUT2D eigenvalue weighted by atomic mass is 10.1. The zero-order chi connectivity index (χ0) is 15.0. The van der Waals surface area contributed by atoms with Crippen LogP contribution in [0.4, 0.5) is 0 Å². The van der Waals surface area contributed by atoms with Gasteiger partial charge >= 0.3 is 0 Å². The van der Waals surface area contributed by atoms with Gasteiger partial charge in [0.1, 0.15) is 0 Å². The fraction of sp³-hybridized carbons (Fsp3) is 0.467. The summed E-state index contributed by atoms with van der Waals surface area (Å²) in [5.74, 6) is -0.178. The average molecular weight is 278 g/mol. The van der Waals surface area contributed by atoms with Gasteiger partial charge in [0.25, 0.3) is 0 Å². The van der Waals surface area contributed by atoms with Crippen LogP contribution in [0.2, 0.25) is 0 Å². The number of benzene rings is 1. The van der Waals surface area contributed by atoms with E-state index in [1.54, 1.807) is 24.1 Å². The Morgan fingerprint density at radius 2 is 1.95 bits per heavy atom. The quantitative estimate of drug-likeness (QED) is 0.734. The van der Waals surface area contributed by atoms with Crippen LogP contribution in [-0.4, -0.2) is 42.0 Å². The van der Waals surface area contributed by atoms with Crippen LogP contribution in [0, 0.1) is 0 Å². The van der Waals surface area contributed by atoms with Gasteiger partial charge in [-0.25, -0.2) is 0 Å². The smallest absolute Gasteiger partial charge is 0.225 e. The summed E-state index contributed by atoms with van der Waals surface area (Å²) in [7, 11) is 1.70. The van der Waals surface area contributed by atoms with Crippen molar-refractivity contribution in [1.82, 2.24) is 10.2 Å². The first-order chi connectivity index (χ1) is 9.50. The van der Waals surface area contributed by atoms with E-state index in [1.165, 1.54) is 6.92 Å². The predicted molar refractivity (Wildman–Crippen MR) is 77.0 cm³/mol. The molecule has 5 heteroatoms. The lowest BCUT2D eigenvalue weighted by molar-refractivity contribution is -0.132. The van der Waals surface area contributed by atoms with Gasteiger partial charge in [-0.05, 0) is 12.0 Å². The van der Waals surface area contributed by atoms with Crippen LogP contribution in [0.25, 0.3) is 0 Å². The first kappa shape index (κ1) is 16.2. The van der Waals surface area contributed by atoms with Crippen molar-refractivity contribution in [2.45, 2.75) is 25.9 Å². The van der Waals surface area contributed by atoms with Gasteiger partial charge in [-0.1, -0.05) is 30.3 Å². The maximum Gasteiger partial charge on any atom is 0.225 e. The molecule has 1 aromatic carbocycles. The van der Waals surface area contributed by atoms with Crippen molar-refractivity contribution in [1.29, 1.82) is 0 Å². The number of aliphatic hydroxyl groups is 1. The van der Waals surface area contributed by atoms with Crippen molar-refractivity contribution in [2.24, 2.45) is 0 Å². The summed E-state index contributed by atoms with van der Waals surface area (Å²) in [4.78, 5) is 24.2. The summed E-state index contributed by atoms with van der Waals surface area (Å²) in [6, 6.07) is 9.13. The van der Waals surface area contributed by atoms with Crippen molar-refractivity contribution in [3.63, 3.8) is 0 Å². The molecule has 0 saturated carbocycles. The minimum absolute atomic E-state index is 0.0701. The van der Waals surface area contributed by atoms with Crippen molar-refractivity contribution in [2.75, 3.05) is 20.1 Å². The molecule has 2 N–H and O–H groups in total. The molecule has 1 unspecified atom stereocenters. The molecule has 0 spiro atoms. The number of hydrogen-bond donors (Lipinski definition) is 2. The van der Waals surface area contributed by atoms with E-state index in [0.29, 0.717) is 19.5 Å². The minimum Gasteiger partial charge on any atom is -0.388 e. The fourth-order valence-corrected chi connectivity index (χ4v) is 1.82. The molecule has 0 bridgehead atoms. The molecule has 5 nitrogen and oxygen atoms in total. The molecular weight excluding hydrogens is 256 g/mol. The molecule has 0 saturated heterocycles. The van der Waals surface area contributed by atoms with Crippen molar-refractivity contribution >= 4 is 11.8 Å². The van der Waals surface area contributed by atoms with Gasteiger partial charge in [-0.2, -0.15) is 0 Å². The Kier molecular flexibility index (Phi) is 6.73. The van der Waals surface area contributed by atoms with Gasteiger partial charge in [-0.15, -0.1) is 0 Å². The van der Waals surface area contributed by atoms with E-state index in [0.717, 1.165) is 5.56 Å². The van der Waals surface area contributed by atoms with Gasteiger partial charge in [0.2, 0.25) is 11.8 Å². The maximum absolute atomic E-state index is 11.9. The fourth-order valence-electron chi connectivity index (χ4n) is 1.82. The Balaban J connectivity index is 2.32. The molecule has 0 aliphatic heterocycles. The standard InChI is InChI=1S/C15H22N2O3/c1-12(18)16-9-6-10-17(2)15(20)11-14(19)13-7-4-3-5-8-13/h3-5,7-8,14,19H,6,9-11H2,1-2H3,(H,16,18). The summed E-state index contributed by atoms with van der Waals surface area (Å²) in [6.45, 7) is 2.57. The third-order valence-corrected chi connectivity index (χ3v) is 3.02. The van der Waals surface area contributed by atoms with Gasteiger partial charge in [0.15, 0.2) is 0 Å². The number of amides is 2. The minimum atomic E-state index is -0.776. The largest absolute Gasteiger partial charge is 0.388 e. The molecule has 0 heterocycles. The van der Waals surface area contributed by atoms with Crippen molar-refractivity contribution < 1.29 is 14.7 Å². The van der Waals surface area contributed by atoms with E-state index < -0.39 is 6.10 Å². The van der Waals surface area contributed by atoms with E-state index in [1.807, 2.05) is 18.2 Å². The zero-order valence-corrected chi connectivity index (χ0v) is 12.0. The Hall–Kier alpha value is -1.88. The number of hydrogen-bond acceptors (Lipinski definition) is 3. The Morgan fingerprint density at radius 1 is 1.30 bits per heavy atom. The molecule has 20 heavy (non-hydrogen) atoms. The van der Waals surface area contributed by atoms with Gasteiger partial charge in [0.05, 0.1) is 12.5 Å². The molecule has 0 radical (unpaired) electrons. The van der Waals surface area contributed by atoms with Crippen LogP contribution in [-0.2, 0) is 9.59 Å². The molecular formula is C15H22N2O3. The Bertz CT molecular complexity index is 434. The highest BCUT2D eigenvalue weighted by Crippen LogP contribution is 2.16. The number of nitrogens with one attached hydrogen (secondary N) is 1. The predicted octanol–water partition coefficient (Wildman–Crippen LogP) is 1.09. The SMILES string of the molecule is CC(=O)NCCCN(C)C(=O)CC(O)c1ccccc1. The second-order valence-electron chi connectivity index (χ2n) is 4.78. The summed E-state index contributed by atoms with van der Waals surface area (Å²) in [5.41, 5.74) is 0.743. The highest BCUT2D eigenvalue weighted by atomic mass is 16.3. The highest BCUT2D eigenvalue weighted by molar-refractivity contribution is 5.76. The van der Waals surface area contributed by atoms with E-state index in [4.69, 9.17) is 0 Å². The number of nitrogens with zero attached hydrogens (tertiary/aromatic N) is 1. The van der Waals surface area contributed by atoms with Crippen molar-refractivity contribution in [3.05, 3.63) is 35.9 Å². The Labute approximate surface area is 119 Å². The average Bonchev–Trinajstić information content (AvgIpc) is 2.44. The van der Waals surface area contributed by atoms with Gasteiger partial charge in [0, 0.05) is 27.1 Å². The lowest BCUT2D eigenvalue weighted by Crippen LogP contribution is -2.31. The molecule has 0 aliphatic carbocycles. The maximum atomic E-state index is 11.9. The van der Waals surface area contributed by atoms with E-state index in [-0.39, 0.29) is 18.2 Å². The number of carbonyl (C=O) groups excluding carboxylic acids is 2. The van der Waals surface area contributed by atoms with Gasteiger partial charge < -0.3 is 15.3 Å². The summed E-state index contributed by atoms with van der Waals surface area (Å²) < 4.78 is 0. The first-order valence-corrected chi connectivity index (χ1v) is 6.72. The van der Waals surface area contributed by atoms with Crippen LogP contribution >= 0.6 is 0 Å². The Morgan fingerprint density at radius 3 is 2.55 bits per heavy atom. The zero-order valence-electron chi connectivity index (χ0n) is 12.0. The monoisotopic (exact) mass is 278 g/mol.